The van der Waals surface area contributed by atoms with Gasteiger partial charge in [-0.2, -0.15) is 0 Å². The van der Waals surface area contributed by atoms with Crippen molar-refractivity contribution in [1.29, 1.82) is 0 Å². The topological polar surface area (TPSA) is 74.2 Å². The van der Waals surface area contributed by atoms with Crippen LogP contribution in [0.4, 0.5) is 19.0 Å². The number of pyridine rings is 1. The zero-order valence-corrected chi connectivity index (χ0v) is 8.06. The molecule has 1 aromatic heterocycles. The molecule has 4 N–H and O–H groups in total. The fourth-order valence-electron chi connectivity index (χ4n) is 0.884. The van der Waals surface area contributed by atoms with Gasteiger partial charge in [0.1, 0.15) is 5.82 Å². The molecular formula is C7H7ClF3N3O. The van der Waals surface area contributed by atoms with Gasteiger partial charge in [-0.25, -0.2) is 4.98 Å². The summed E-state index contributed by atoms with van der Waals surface area (Å²) in [6.07, 6.45) is -4.83. The Balaban J connectivity index is 3.08. The van der Waals surface area contributed by atoms with Gasteiger partial charge < -0.3 is 16.2 Å². The van der Waals surface area contributed by atoms with Crippen molar-refractivity contribution in [1.82, 2.24) is 4.98 Å². The fourth-order valence-corrected chi connectivity index (χ4v) is 1.07. The van der Waals surface area contributed by atoms with Crippen LogP contribution < -0.4 is 16.2 Å². The summed E-state index contributed by atoms with van der Waals surface area (Å²) in [5.41, 5.74) is 10.8. The molecule has 1 heterocycles. The highest BCUT2D eigenvalue weighted by atomic mass is 35.5. The number of aromatic nitrogens is 1. The average Bonchev–Trinajstić information content (AvgIpc) is 2.07. The Kier molecular flexibility index (Phi) is 3.25. The Labute approximate surface area is 88.0 Å². The summed E-state index contributed by atoms with van der Waals surface area (Å²) < 4.78 is 39.3. The van der Waals surface area contributed by atoms with E-state index in [0.29, 0.717) is 0 Å². The van der Waals surface area contributed by atoms with Gasteiger partial charge in [-0.15, -0.1) is 13.2 Å². The van der Waals surface area contributed by atoms with Crippen LogP contribution in [0.5, 0.6) is 5.75 Å². The molecule has 0 saturated heterocycles. The van der Waals surface area contributed by atoms with E-state index in [1.165, 1.54) is 0 Å². The molecular weight excluding hydrogens is 235 g/mol. The standard InChI is InChI=1S/C7H7ClF3N3O/c8-5-4(15-7(9,10)11)1-3(2-12)6(13)14-5/h1H,2,12H2,(H2,13,14). The number of ether oxygens (including phenoxy) is 1. The summed E-state index contributed by atoms with van der Waals surface area (Å²) in [5, 5.41) is -0.456. The molecule has 0 saturated carbocycles. The Bertz CT molecular complexity index is 369. The second kappa shape index (κ2) is 4.11. The number of rotatable bonds is 2. The minimum absolute atomic E-state index is 0.0166. The summed E-state index contributed by atoms with van der Waals surface area (Å²) in [7, 11) is 0. The van der Waals surface area contributed by atoms with Crippen LogP contribution in [0.1, 0.15) is 5.56 Å². The maximum atomic E-state index is 11.9. The monoisotopic (exact) mass is 241 g/mol. The molecule has 0 aromatic carbocycles. The molecule has 0 spiro atoms. The number of hydrogen-bond acceptors (Lipinski definition) is 4. The molecule has 0 bridgehead atoms. The lowest BCUT2D eigenvalue weighted by molar-refractivity contribution is -0.274. The van der Waals surface area contributed by atoms with Crippen LogP contribution in [0.15, 0.2) is 6.07 Å². The number of hydrogen-bond donors (Lipinski definition) is 2. The highest BCUT2D eigenvalue weighted by molar-refractivity contribution is 6.31. The van der Waals surface area contributed by atoms with Crippen LogP contribution in [0.2, 0.25) is 5.15 Å². The molecule has 0 amide bonds. The number of anilines is 1. The van der Waals surface area contributed by atoms with Gasteiger partial charge in [-0.3, -0.25) is 0 Å². The number of nitrogens with two attached hydrogens (primary N) is 2. The zero-order chi connectivity index (χ0) is 11.6. The summed E-state index contributed by atoms with van der Waals surface area (Å²) in [6, 6.07) is 1.01. The maximum absolute atomic E-state index is 11.9. The van der Waals surface area contributed by atoms with Crippen LogP contribution in [-0.4, -0.2) is 11.3 Å². The Morgan fingerprint density at radius 3 is 2.53 bits per heavy atom. The first-order valence-electron chi connectivity index (χ1n) is 3.74. The first-order chi connectivity index (χ1) is 6.83. The van der Waals surface area contributed by atoms with Crippen LogP contribution in [0, 0.1) is 0 Å². The summed E-state index contributed by atoms with van der Waals surface area (Å²) in [4.78, 5) is 3.47. The molecule has 15 heavy (non-hydrogen) atoms. The van der Waals surface area contributed by atoms with Crippen molar-refractivity contribution in [3.05, 3.63) is 16.8 Å². The highest BCUT2D eigenvalue weighted by Crippen LogP contribution is 2.31. The normalized spacial score (nSPS) is 11.5. The SMILES string of the molecule is NCc1cc(OC(F)(F)F)c(Cl)nc1N. The van der Waals surface area contributed by atoms with E-state index in [1.807, 2.05) is 0 Å². The molecule has 0 fully saturated rings. The van der Waals surface area contributed by atoms with E-state index < -0.39 is 17.3 Å². The molecule has 0 atom stereocenters. The molecule has 0 radical (unpaired) electrons. The lowest BCUT2D eigenvalue weighted by Gasteiger charge is -2.11. The predicted molar refractivity (Wildman–Crippen MR) is 48.2 cm³/mol. The highest BCUT2D eigenvalue weighted by Gasteiger charge is 2.32. The first-order valence-corrected chi connectivity index (χ1v) is 4.12. The lowest BCUT2D eigenvalue weighted by atomic mass is 10.2. The largest absolute Gasteiger partial charge is 0.573 e. The molecule has 8 heteroatoms. The van der Waals surface area contributed by atoms with Crippen LogP contribution >= 0.6 is 11.6 Å². The number of nitrogen functional groups attached to an aromatic ring is 1. The van der Waals surface area contributed by atoms with Gasteiger partial charge in [-0.1, -0.05) is 11.6 Å². The van der Waals surface area contributed by atoms with Gasteiger partial charge in [-0.05, 0) is 6.07 Å². The summed E-state index contributed by atoms with van der Waals surface area (Å²) in [6.45, 7) is -0.0514. The van der Waals surface area contributed by atoms with E-state index in [-0.39, 0.29) is 17.9 Å². The van der Waals surface area contributed by atoms with Crippen molar-refractivity contribution in [3.8, 4) is 5.75 Å². The van der Waals surface area contributed by atoms with Gasteiger partial charge in [0.25, 0.3) is 0 Å². The van der Waals surface area contributed by atoms with Gasteiger partial charge in [0.05, 0.1) is 0 Å². The van der Waals surface area contributed by atoms with E-state index in [9.17, 15) is 13.2 Å². The molecule has 84 valence electrons. The Morgan fingerprint density at radius 2 is 2.07 bits per heavy atom. The van der Waals surface area contributed by atoms with Crippen molar-refractivity contribution < 1.29 is 17.9 Å². The second-order valence-corrected chi connectivity index (χ2v) is 2.93. The maximum Gasteiger partial charge on any atom is 0.573 e. The third kappa shape index (κ3) is 3.14. The van der Waals surface area contributed by atoms with E-state index in [4.69, 9.17) is 23.1 Å². The third-order valence-electron chi connectivity index (χ3n) is 1.50. The Morgan fingerprint density at radius 1 is 1.47 bits per heavy atom. The average molecular weight is 242 g/mol. The molecule has 1 aromatic rings. The molecule has 0 aliphatic heterocycles. The smallest absolute Gasteiger partial charge is 0.402 e. The number of halogens is 4. The molecule has 0 unspecified atom stereocenters. The quantitative estimate of drug-likeness (QED) is 0.773. The minimum Gasteiger partial charge on any atom is -0.402 e. The molecule has 0 aliphatic rings. The van der Waals surface area contributed by atoms with Crippen molar-refractivity contribution in [2.45, 2.75) is 12.9 Å². The molecule has 4 nitrogen and oxygen atoms in total. The van der Waals surface area contributed by atoms with Gasteiger partial charge in [0.2, 0.25) is 0 Å². The van der Waals surface area contributed by atoms with Crippen LogP contribution in [-0.2, 0) is 6.54 Å². The zero-order valence-electron chi connectivity index (χ0n) is 7.31. The summed E-state index contributed by atoms with van der Waals surface area (Å²) >= 11 is 5.41. The van der Waals surface area contributed by atoms with E-state index in [2.05, 4.69) is 9.72 Å². The van der Waals surface area contributed by atoms with Gasteiger partial charge in [0, 0.05) is 12.1 Å². The van der Waals surface area contributed by atoms with E-state index in [0.717, 1.165) is 6.07 Å². The van der Waals surface area contributed by atoms with Crippen molar-refractivity contribution in [2.24, 2.45) is 5.73 Å². The fraction of sp³-hybridized carbons (Fsp3) is 0.286. The van der Waals surface area contributed by atoms with Crippen molar-refractivity contribution in [2.75, 3.05) is 5.73 Å². The lowest BCUT2D eigenvalue weighted by Crippen LogP contribution is -2.18. The van der Waals surface area contributed by atoms with E-state index >= 15 is 0 Å². The van der Waals surface area contributed by atoms with Gasteiger partial charge >= 0.3 is 6.36 Å². The van der Waals surface area contributed by atoms with Crippen molar-refractivity contribution >= 4 is 17.4 Å². The molecule has 1 rings (SSSR count). The van der Waals surface area contributed by atoms with Crippen LogP contribution in [0.25, 0.3) is 0 Å². The van der Waals surface area contributed by atoms with E-state index in [1.54, 1.807) is 0 Å². The third-order valence-corrected chi connectivity index (χ3v) is 1.77. The van der Waals surface area contributed by atoms with Crippen LogP contribution in [0.3, 0.4) is 0 Å². The number of nitrogens with zero attached hydrogens (tertiary/aromatic N) is 1. The minimum atomic E-state index is -4.83. The number of alkyl halides is 3. The van der Waals surface area contributed by atoms with Gasteiger partial charge in [0.15, 0.2) is 10.9 Å². The predicted octanol–water partition coefficient (Wildman–Crippen LogP) is 1.67. The first kappa shape index (κ1) is 11.9. The second-order valence-electron chi connectivity index (χ2n) is 2.57. The molecule has 0 aliphatic carbocycles. The Hall–Kier alpha value is -1.21. The summed E-state index contributed by atoms with van der Waals surface area (Å²) in [5.74, 6) is -0.629. The van der Waals surface area contributed by atoms with Crippen molar-refractivity contribution in [3.63, 3.8) is 0 Å².